The van der Waals surface area contributed by atoms with Gasteiger partial charge in [0.25, 0.3) is 5.89 Å². The zero-order valence-corrected chi connectivity index (χ0v) is 16.1. The lowest BCUT2D eigenvalue weighted by atomic mass is 10.1. The first kappa shape index (κ1) is 17.2. The number of rotatable bonds is 4. The van der Waals surface area contributed by atoms with Crippen molar-refractivity contribution in [3.8, 4) is 23.0 Å². The van der Waals surface area contributed by atoms with Crippen LogP contribution in [0, 0.1) is 0 Å². The summed E-state index contributed by atoms with van der Waals surface area (Å²) in [4.78, 5) is 19.3. The summed E-state index contributed by atoms with van der Waals surface area (Å²) >= 11 is 0. The van der Waals surface area contributed by atoms with Crippen molar-refractivity contribution < 1.29 is 13.7 Å². The number of likely N-dealkylation sites (tertiary alicyclic amines) is 1. The predicted molar refractivity (Wildman–Crippen MR) is 106 cm³/mol. The van der Waals surface area contributed by atoms with Crippen molar-refractivity contribution in [3.05, 3.63) is 65.7 Å². The van der Waals surface area contributed by atoms with Crippen LogP contribution in [0.25, 0.3) is 23.0 Å². The number of hydrogen-bond acceptors (Lipinski definition) is 6. The summed E-state index contributed by atoms with van der Waals surface area (Å²) < 4.78 is 10.8. The van der Waals surface area contributed by atoms with E-state index in [1.54, 1.807) is 18.4 Å². The van der Waals surface area contributed by atoms with Crippen molar-refractivity contribution >= 4 is 5.91 Å². The Kier molecular flexibility index (Phi) is 3.83. The van der Waals surface area contributed by atoms with Crippen LogP contribution in [0.2, 0.25) is 0 Å². The highest BCUT2D eigenvalue weighted by atomic mass is 16.5. The van der Waals surface area contributed by atoms with E-state index in [4.69, 9.17) is 8.94 Å². The first-order chi connectivity index (χ1) is 14.8. The van der Waals surface area contributed by atoms with Gasteiger partial charge in [0.05, 0.1) is 12.3 Å². The molecule has 1 aliphatic heterocycles. The van der Waals surface area contributed by atoms with Gasteiger partial charge in [-0.3, -0.25) is 9.89 Å². The van der Waals surface area contributed by atoms with Gasteiger partial charge in [0.1, 0.15) is 11.4 Å². The first-order valence-electron chi connectivity index (χ1n) is 10.1. The van der Waals surface area contributed by atoms with E-state index in [0.29, 0.717) is 41.8 Å². The molecule has 0 saturated carbocycles. The van der Waals surface area contributed by atoms with Crippen LogP contribution in [-0.2, 0) is 11.2 Å². The fraction of sp³-hybridized carbons (Fsp3) is 0.273. The normalized spacial score (nSPS) is 20.8. The van der Waals surface area contributed by atoms with Crippen LogP contribution >= 0.6 is 0 Å². The molecule has 30 heavy (non-hydrogen) atoms. The van der Waals surface area contributed by atoms with E-state index < -0.39 is 0 Å². The second-order valence-electron chi connectivity index (χ2n) is 7.80. The molecule has 1 amide bonds. The second-order valence-corrected chi connectivity index (χ2v) is 7.80. The molecular formula is C22H19N5O3. The van der Waals surface area contributed by atoms with Crippen molar-refractivity contribution in [1.82, 2.24) is 25.2 Å². The molecule has 150 valence electrons. The topological polar surface area (TPSA) is 101 Å². The van der Waals surface area contributed by atoms with E-state index in [0.717, 1.165) is 12.8 Å². The van der Waals surface area contributed by atoms with Crippen molar-refractivity contribution in [2.24, 2.45) is 0 Å². The standard InChI is InChI=1S/C22H19N5O3/c28-20-10-14(12-27(20)18-8-7-13-4-1-2-5-15(13)18)21-23-22(30-26-21)17-11-16(24-25-17)19-6-3-9-29-19/h1-6,9,11,14,18H,7-8,10,12H2,(H,24,25). The molecule has 6 rings (SSSR count). The van der Waals surface area contributed by atoms with Crippen LogP contribution in [0.3, 0.4) is 0 Å². The van der Waals surface area contributed by atoms with E-state index >= 15 is 0 Å². The van der Waals surface area contributed by atoms with E-state index in [-0.39, 0.29) is 17.9 Å². The van der Waals surface area contributed by atoms with Crippen LogP contribution in [0.4, 0.5) is 0 Å². The zero-order chi connectivity index (χ0) is 20.1. The van der Waals surface area contributed by atoms with Gasteiger partial charge in [-0.25, -0.2) is 0 Å². The fourth-order valence-electron chi connectivity index (χ4n) is 4.56. The lowest BCUT2D eigenvalue weighted by Crippen LogP contribution is -2.28. The molecule has 2 aliphatic rings. The van der Waals surface area contributed by atoms with Crippen molar-refractivity contribution in [1.29, 1.82) is 0 Å². The highest BCUT2D eigenvalue weighted by Gasteiger charge is 2.40. The summed E-state index contributed by atoms with van der Waals surface area (Å²) in [5, 5.41) is 11.3. The number of hydrogen-bond donors (Lipinski definition) is 1. The van der Waals surface area contributed by atoms with Crippen molar-refractivity contribution in [2.75, 3.05) is 6.54 Å². The maximum atomic E-state index is 12.8. The van der Waals surface area contributed by atoms with Gasteiger partial charge in [-0.1, -0.05) is 29.4 Å². The number of carbonyl (C=O) groups is 1. The van der Waals surface area contributed by atoms with E-state index in [1.807, 2.05) is 17.0 Å². The van der Waals surface area contributed by atoms with Gasteiger partial charge in [0, 0.05) is 24.9 Å². The number of aryl methyl sites for hydroxylation is 1. The molecular weight excluding hydrogens is 382 g/mol. The molecule has 3 aromatic heterocycles. The smallest absolute Gasteiger partial charge is 0.275 e. The van der Waals surface area contributed by atoms with Gasteiger partial charge < -0.3 is 13.8 Å². The Labute approximate surface area is 171 Å². The summed E-state index contributed by atoms with van der Waals surface area (Å²) in [6, 6.07) is 14.0. The number of amides is 1. The highest BCUT2D eigenvalue weighted by Crippen LogP contribution is 2.40. The summed E-state index contributed by atoms with van der Waals surface area (Å²) in [6.07, 6.45) is 3.98. The van der Waals surface area contributed by atoms with Crippen LogP contribution in [0.15, 0.2) is 57.7 Å². The number of benzene rings is 1. The maximum Gasteiger partial charge on any atom is 0.275 e. The van der Waals surface area contributed by atoms with Crippen LogP contribution < -0.4 is 0 Å². The third-order valence-electron chi connectivity index (χ3n) is 6.02. The molecule has 0 bridgehead atoms. The van der Waals surface area contributed by atoms with E-state index in [1.165, 1.54) is 11.1 Å². The minimum atomic E-state index is -0.0739. The fourth-order valence-corrected chi connectivity index (χ4v) is 4.56. The minimum absolute atomic E-state index is 0.0739. The Hall–Kier alpha value is -3.68. The molecule has 4 heterocycles. The summed E-state index contributed by atoms with van der Waals surface area (Å²) in [6.45, 7) is 0.609. The number of H-pyrrole nitrogens is 1. The average molecular weight is 401 g/mol. The minimum Gasteiger partial charge on any atom is -0.463 e. The molecule has 2 atom stereocenters. The van der Waals surface area contributed by atoms with E-state index in [2.05, 4.69) is 38.5 Å². The Morgan fingerprint density at radius 1 is 1.17 bits per heavy atom. The highest BCUT2D eigenvalue weighted by molar-refractivity contribution is 5.80. The van der Waals surface area contributed by atoms with Crippen LogP contribution in [-0.4, -0.2) is 37.7 Å². The number of nitrogens with zero attached hydrogens (tertiary/aromatic N) is 4. The van der Waals surface area contributed by atoms with Gasteiger partial charge in [0.2, 0.25) is 5.91 Å². The summed E-state index contributed by atoms with van der Waals surface area (Å²) in [5.41, 5.74) is 3.89. The summed E-state index contributed by atoms with van der Waals surface area (Å²) in [7, 11) is 0. The lowest BCUT2D eigenvalue weighted by Gasteiger charge is -2.25. The van der Waals surface area contributed by atoms with Gasteiger partial charge in [-0.05, 0) is 36.1 Å². The van der Waals surface area contributed by atoms with Gasteiger partial charge in [0.15, 0.2) is 11.6 Å². The molecule has 4 aromatic rings. The zero-order valence-electron chi connectivity index (χ0n) is 16.1. The Morgan fingerprint density at radius 2 is 2.10 bits per heavy atom. The van der Waals surface area contributed by atoms with E-state index in [9.17, 15) is 4.79 Å². The number of fused-ring (bicyclic) bond motifs is 1. The number of carbonyl (C=O) groups excluding carboxylic acids is 1. The molecule has 1 N–H and O–H groups in total. The van der Waals surface area contributed by atoms with Crippen LogP contribution in [0.1, 0.15) is 41.8 Å². The van der Waals surface area contributed by atoms with Crippen molar-refractivity contribution in [2.45, 2.75) is 31.2 Å². The predicted octanol–water partition coefficient (Wildman–Crippen LogP) is 3.72. The SMILES string of the molecule is O=C1CC(c2noc(-c3cc(-c4ccco4)n[nH]3)n2)CN1C1CCc2ccccc21. The quantitative estimate of drug-likeness (QED) is 0.559. The Bertz CT molecular complexity index is 1210. The molecule has 0 radical (unpaired) electrons. The number of nitrogens with one attached hydrogen (secondary N) is 1. The molecule has 8 nitrogen and oxygen atoms in total. The molecule has 2 unspecified atom stereocenters. The monoisotopic (exact) mass is 401 g/mol. The second kappa shape index (κ2) is 6.69. The lowest BCUT2D eigenvalue weighted by molar-refractivity contribution is -0.129. The molecule has 1 aromatic carbocycles. The molecule has 1 aliphatic carbocycles. The average Bonchev–Trinajstić information content (AvgIpc) is 3.57. The molecule has 1 fully saturated rings. The number of aromatic nitrogens is 4. The first-order valence-corrected chi connectivity index (χ1v) is 10.1. The number of furan rings is 1. The molecule has 0 spiro atoms. The third kappa shape index (κ3) is 2.75. The van der Waals surface area contributed by atoms with Gasteiger partial charge >= 0.3 is 0 Å². The molecule has 8 heteroatoms. The largest absolute Gasteiger partial charge is 0.463 e. The summed E-state index contributed by atoms with van der Waals surface area (Å²) in [5.74, 6) is 1.64. The van der Waals surface area contributed by atoms with Gasteiger partial charge in [-0.15, -0.1) is 0 Å². The van der Waals surface area contributed by atoms with Crippen LogP contribution in [0.5, 0.6) is 0 Å². The number of aromatic amines is 1. The third-order valence-corrected chi connectivity index (χ3v) is 6.02. The Morgan fingerprint density at radius 3 is 3.00 bits per heavy atom. The van der Waals surface area contributed by atoms with Crippen molar-refractivity contribution in [3.63, 3.8) is 0 Å². The Balaban J connectivity index is 1.21. The van der Waals surface area contributed by atoms with Gasteiger partial charge in [-0.2, -0.15) is 10.1 Å². The molecule has 1 saturated heterocycles. The maximum absolute atomic E-state index is 12.8.